The van der Waals surface area contributed by atoms with Gasteiger partial charge in [0.05, 0.1) is 32.0 Å². The molecule has 0 radical (unpaired) electrons. The van der Waals surface area contributed by atoms with E-state index in [0.717, 1.165) is 28.8 Å². The van der Waals surface area contributed by atoms with Crippen molar-refractivity contribution in [3.63, 3.8) is 0 Å². The van der Waals surface area contributed by atoms with Gasteiger partial charge in [0, 0.05) is 30.6 Å². The van der Waals surface area contributed by atoms with Crippen molar-refractivity contribution in [3.8, 4) is 11.6 Å². The van der Waals surface area contributed by atoms with Crippen LogP contribution in [0.15, 0.2) is 18.2 Å². The Hall–Kier alpha value is -2.82. The number of aliphatic hydroxyl groups excluding tert-OH is 6. The van der Waals surface area contributed by atoms with Crippen LogP contribution in [0.2, 0.25) is 0 Å². The van der Waals surface area contributed by atoms with Crippen molar-refractivity contribution in [1.29, 1.82) is 0 Å². The maximum atomic E-state index is 12.0. The van der Waals surface area contributed by atoms with Crippen LogP contribution in [0.4, 0.5) is 0 Å². The van der Waals surface area contributed by atoms with Gasteiger partial charge in [-0.1, -0.05) is 19.9 Å². The van der Waals surface area contributed by atoms with Crippen LogP contribution in [0, 0.1) is 6.92 Å². The lowest BCUT2D eigenvalue weighted by Gasteiger charge is -2.39. The third kappa shape index (κ3) is 9.34. The predicted octanol–water partition coefficient (Wildman–Crippen LogP) is -0.781. The number of benzene rings is 1. The Balaban J connectivity index is 1.53. The Labute approximate surface area is 257 Å². The zero-order valence-corrected chi connectivity index (χ0v) is 25.8. The SMILES string of the molecule is Cc1cc(OCCCNCCC(=O)NC(C)(CO)CO)ccc1Cc1c(OC2OC(CO)[C@@H](O)C(O)[C@H]2O)n[nH]c1C(C)C. The topological polar surface area (TPSA) is 219 Å². The molecular formula is C30H48N4O10. The quantitative estimate of drug-likeness (QED) is 0.0990. The number of aliphatic hydroxyl groups is 6. The summed E-state index contributed by atoms with van der Waals surface area (Å²) in [6.45, 7) is 7.90. The third-order valence-electron chi connectivity index (χ3n) is 7.63. The minimum Gasteiger partial charge on any atom is -0.494 e. The first-order valence-electron chi connectivity index (χ1n) is 14.9. The van der Waals surface area contributed by atoms with E-state index in [-0.39, 0.29) is 37.3 Å². The fourth-order valence-electron chi connectivity index (χ4n) is 4.77. The molecule has 3 rings (SSSR count). The minimum absolute atomic E-state index is 0.0804. The number of rotatable bonds is 17. The molecule has 0 aliphatic carbocycles. The summed E-state index contributed by atoms with van der Waals surface area (Å²) in [5.41, 5.74) is 2.55. The zero-order valence-electron chi connectivity index (χ0n) is 25.8. The molecule has 5 atom stereocenters. The Morgan fingerprint density at radius 2 is 1.84 bits per heavy atom. The summed E-state index contributed by atoms with van der Waals surface area (Å²) in [6, 6.07) is 5.79. The van der Waals surface area contributed by atoms with Crippen molar-refractivity contribution in [1.82, 2.24) is 20.8 Å². The van der Waals surface area contributed by atoms with Gasteiger partial charge in [0.15, 0.2) is 0 Å². The van der Waals surface area contributed by atoms with Crippen molar-refractivity contribution in [2.24, 2.45) is 0 Å². The summed E-state index contributed by atoms with van der Waals surface area (Å²) in [5.74, 6) is 0.737. The van der Waals surface area contributed by atoms with Crippen LogP contribution < -0.4 is 20.1 Å². The third-order valence-corrected chi connectivity index (χ3v) is 7.63. The monoisotopic (exact) mass is 624 g/mol. The number of carbonyl (C=O) groups is 1. The molecule has 2 heterocycles. The van der Waals surface area contributed by atoms with Gasteiger partial charge < -0.3 is 55.5 Å². The van der Waals surface area contributed by atoms with E-state index in [1.54, 1.807) is 6.92 Å². The summed E-state index contributed by atoms with van der Waals surface area (Å²) in [4.78, 5) is 12.0. The average Bonchev–Trinajstić information content (AvgIpc) is 3.40. The lowest BCUT2D eigenvalue weighted by molar-refractivity contribution is -0.278. The number of ether oxygens (including phenoxy) is 3. The molecule has 1 aliphatic rings. The van der Waals surface area contributed by atoms with E-state index in [2.05, 4.69) is 20.8 Å². The van der Waals surface area contributed by atoms with Crippen molar-refractivity contribution < 1.29 is 49.6 Å². The molecule has 1 aromatic carbocycles. The van der Waals surface area contributed by atoms with Gasteiger partial charge in [-0.05, 0) is 56.0 Å². The first kappa shape index (κ1) is 35.7. The second-order valence-corrected chi connectivity index (χ2v) is 11.8. The van der Waals surface area contributed by atoms with Crippen molar-refractivity contribution in [2.45, 2.75) is 89.1 Å². The number of hydrogen-bond acceptors (Lipinski definition) is 12. The highest BCUT2D eigenvalue weighted by Gasteiger charge is 2.45. The van der Waals surface area contributed by atoms with E-state index in [9.17, 15) is 35.4 Å². The fourth-order valence-corrected chi connectivity index (χ4v) is 4.77. The second-order valence-electron chi connectivity index (χ2n) is 11.8. The number of nitrogens with one attached hydrogen (secondary N) is 3. The lowest BCUT2D eigenvalue weighted by atomic mass is 9.96. The van der Waals surface area contributed by atoms with Crippen LogP contribution in [-0.4, -0.2) is 123 Å². The maximum absolute atomic E-state index is 12.0. The molecule has 1 saturated heterocycles. The molecule has 0 saturated carbocycles. The molecule has 44 heavy (non-hydrogen) atoms. The van der Waals surface area contributed by atoms with Crippen LogP contribution in [0.5, 0.6) is 11.6 Å². The Morgan fingerprint density at radius 1 is 1.11 bits per heavy atom. The first-order chi connectivity index (χ1) is 20.9. The summed E-state index contributed by atoms with van der Waals surface area (Å²) >= 11 is 0. The number of aromatic nitrogens is 2. The summed E-state index contributed by atoms with van der Waals surface area (Å²) in [5, 5.41) is 71.8. The first-order valence-corrected chi connectivity index (χ1v) is 14.9. The van der Waals surface area contributed by atoms with Crippen molar-refractivity contribution in [3.05, 3.63) is 40.6 Å². The maximum Gasteiger partial charge on any atom is 0.238 e. The van der Waals surface area contributed by atoms with Crippen LogP contribution in [0.1, 0.15) is 61.9 Å². The molecule has 248 valence electrons. The van der Waals surface area contributed by atoms with E-state index < -0.39 is 42.9 Å². The molecule has 1 amide bonds. The smallest absolute Gasteiger partial charge is 0.238 e. The van der Waals surface area contributed by atoms with Gasteiger partial charge in [-0.25, -0.2) is 0 Å². The van der Waals surface area contributed by atoms with Crippen molar-refractivity contribution in [2.75, 3.05) is 39.5 Å². The van der Waals surface area contributed by atoms with E-state index >= 15 is 0 Å². The second kappa shape index (κ2) is 16.5. The Kier molecular flexibility index (Phi) is 13.4. The van der Waals surface area contributed by atoms with E-state index in [0.29, 0.717) is 31.9 Å². The molecule has 1 aromatic heterocycles. The van der Waals surface area contributed by atoms with Gasteiger partial charge in [-0.3, -0.25) is 9.89 Å². The van der Waals surface area contributed by atoms with Gasteiger partial charge in [-0.2, -0.15) is 0 Å². The molecular weight excluding hydrogens is 576 g/mol. The summed E-state index contributed by atoms with van der Waals surface area (Å²) in [6.07, 6.45) is -5.63. The Morgan fingerprint density at radius 3 is 2.48 bits per heavy atom. The highest BCUT2D eigenvalue weighted by atomic mass is 16.7. The number of nitrogens with zero attached hydrogens (tertiary/aromatic N) is 1. The number of hydrogen-bond donors (Lipinski definition) is 9. The van der Waals surface area contributed by atoms with Crippen molar-refractivity contribution >= 4 is 5.91 Å². The molecule has 0 spiro atoms. The van der Waals surface area contributed by atoms with E-state index in [1.165, 1.54) is 0 Å². The van der Waals surface area contributed by atoms with Crippen LogP contribution in [-0.2, 0) is 16.0 Å². The molecule has 0 bridgehead atoms. The predicted molar refractivity (Wildman–Crippen MR) is 159 cm³/mol. The largest absolute Gasteiger partial charge is 0.494 e. The number of amides is 1. The number of aryl methyl sites for hydroxylation is 1. The summed E-state index contributed by atoms with van der Waals surface area (Å²) in [7, 11) is 0. The molecule has 3 unspecified atom stereocenters. The van der Waals surface area contributed by atoms with Gasteiger partial charge in [0.1, 0.15) is 30.2 Å². The number of H-pyrrole nitrogens is 1. The van der Waals surface area contributed by atoms with Gasteiger partial charge in [0.2, 0.25) is 18.1 Å². The van der Waals surface area contributed by atoms with E-state index in [1.807, 2.05) is 39.0 Å². The Bertz CT molecular complexity index is 1190. The highest BCUT2D eigenvalue weighted by molar-refractivity contribution is 5.77. The van der Waals surface area contributed by atoms with E-state index in [4.69, 9.17) is 14.2 Å². The van der Waals surface area contributed by atoms with Gasteiger partial charge >= 0.3 is 0 Å². The molecule has 14 nitrogen and oxygen atoms in total. The van der Waals surface area contributed by atoms with Crippen LogP contribution in [0.25, 0.3) is 0 Å². The molecule has 1 aliphatic heterocycles. The van der Waals surface area contributed by atoms with Crippen LogP contribution in [0.3, 0.4) is 0 Å². The fraction of sp³-hybridized carbons (Fsp3) is 0.667. The minimum atomic E-state index is -1.56. The molecule has 14 heteroatoms. The summed E-state index contributed by atoms with van der Waals surface area (Å²) < 4.78 is 17.3. The zero-order chi connectivity index (χ0) is 32.4. The highest BCUT2D eigenvalue weighted by Crippen LogP contribution is 2.32. The number of carbonyl (C=O) groups excluding carboxylic acids is 1. The van der Waals surface area contributed by atoms with Gasteiger partial charge in [0.25, 0.3) is 0 Å². The molecule has 9 N–H and O–H groups in total. The molecule has 2 aromatic rings. The molecule has 1 fully saturated rings. The normalized spacial score (nSPS) is 22.3. The lowest BCUT2D eigenvalue weighted by Crippen LogP contribution is -2.60. The van der Waals surface area contributed by atoms with Gasteiger partial charge in [-0.15, -0.1) is 5.10 Å². The number of aromatic amines is 1. The standard InChI is InChI=1S/C30H48N4O10/c1-17(2)24-21(28(34-33-24)44-29-27(41)26(40)25(39)22(14-35)43-29)13-19-6-7-20(12-18(19)3)42-11-5-9-31-10-8-23(38)32-30(4,15-36)16-37/h6-7,12,17,22,25-27,29,31,35-37,39-41H,5,8-11,13-16H2,1-4H3,(H,32,38)(H,33,34)/t22?,25-,26?,27-,29?/m1/s1. The van der Waals surface area contributed by atoms with Crippen LogP contribution >= 0.6 is 0 Å². The average molecular weight is 625 g/mol.